The fraction of sp³-hybridized carbons (Fsp3) is 0.292. The number of halogens is 1. The van der Waals surface area contributed by atoms with E-state index in [9.17, 15) is 4.39 Å². The molecule has 0 amide bonds. The molecule has 1 saturated heterocycles. The zero-order valence-electron chi connectivity index (χ0n) is 18.1. The quantitative estimate of drug-likeness (QED) is 0.472. The molecular weight excluding hydrogens is 407 g/mol. The van der Waals surface area contributed by atoms with Gasteiger partial charge in [0, 0.05) is 45.1 Å². The number of hydrogen-bond acceptors (Lipinski definition) is 5. The zero-order chi connectivity index (χ0) is 22.2. The van der Waals surface area contributed by atoms with Gasteiger partial charge in [-0.2, -0.15) is 0 Å². The number of pyridine rings is 2. The molecule has 8 heteroatoms. The van der Waals surface area contributed by atoms with Gasteiger partial charge in [-0.25, -0.2) is 14.4 Å². The third-order valence-corrected chi connectivity index (χ3v) is 5.16. The second-order valence-corrected chi connectivity index (χ2v) is 7.39. The van der Waals surface area contributed by atoms with Crippen LogP contribution in [-0.2, 0) is 6.54 Å². The summed E-state index contributed by atoms with van der Waals surface area (Å²) < 4.78 is 20.1. The van der Waals surface area contributed by atoms with E-state index in [1.807, 2.05) is 37.4 Å². The van der Waals surface area contributed by atoms with Gasteiger partial charge in [-0.05, 0) is 48.9 Å². The van der Waals surface area contributed by atoms with Crippen LogP contribution in [0.5, 0.6) is 11.5 Å². The molecule has 0 aliphatic carbocycles. The van der Waals surface area contributed by atoms with E-state index in [4.69, 9.17) is 9.73 Å². The molecule has 0 bridgehead atoms. The van der Waals surface area contributed by atoms with E-state index in [2.05, 4.69) is 25.1 Å². The topological polar surface area (TPSA) is 65.9 Å². The number of ether oxygens (including phenoxy) is 1. The van der Waals surface area contributed by atoms with E-state index in [0.29, 0.717) is 12.3 Å². The largest absolute Gasteiger partial charge is 0.453 e. The average molecular weight is 435 g/mol. The Balaban J connectivity index is 1.38. The highest BCUT2D eigenvalue weighted by molar-refractivity contribution is 5.80. The number of hydrogen-bond donors (Lipinski definition) is 1. The zero-order valence-corrected chi connectivity index (χ0v) is 18.1. The van der Waals surface area contributed by atoms with Crippen LogP contribution in [0.3, 0.4) is 0 Å². The highest BCUT2D eigenvalue weighted by atomic mass is 19.1. The van der Waals surface area contributed by atoms with Crippen LogP contribution in [0, 0.1) is 5.82 Å². The first-order chi connectivity index (χ1) is 15.7. The molecule has 1 aliphatic heterocycles. The molecule has 1 aliphatic rings. The molecule has 1 N–H and O–H groups in total. The molecule has 4 rings (SSSR count). The number of nitrogens with zero attached hydrogens (tertiary/aromatic N) is 5. The third kappa shape index (κ3) is 5.51. The summed E-state index contributed by atoms with van der Waals surface area (Å²) in [5.41, 5.74) is 0.781. The Hall–Kier alpha value is -3.68. The van der Waals surface area contributed by atoms with E-state index < -0.39 is 5.82 Å². The summed E-state index contributed by atoms with van der Waals surface area (Å²) in [5, 5.41) is 3.35. The highest BCUT2D eigenvalue weighted by Crippen LogP contribution is 2.24. The van der Waals surface area contributed by atoms with Gasteiger partial charge < -0.3 is 19.9 Å². The van der Waals surface area contributed by atoms with E-state index >= 15 is 0 Å². The molecule has 32 heavy (non-hydrogen) atoms. The Morgan fingerprint density at radius 1 is 1.09 bits per heavy atom. The fourth-order valence-corrected chi connectivity index (χ4v) is 3.54. The summed E-state index contributed by atoms with van der Waals surface area (Å²) in [5.74, 6) is 2.08. The molecule has 0 saturated carbocycles. The van der Waals surface area contributed by atoms with E-state index in [1.165, 1.54) is 6.07 Å². The molecule has 166 valence electrons. The van der Waals surface area contributed by atoms with Crippen molar-refractivity contribution in [2.45, 2.75) is 13.5 Å². The van der Waals surface area contributed by atoms with E-state index in [-0.39, 0.29) is 5.75 Å². The summed E-state index contributed by atoms with van der Waals surface area (Å²) in [6.07, 6.45) is 5.01. The van der Waals surface area contributed by atoms with Crippen LogP contribution in [0.2, 0.25) is 0 Å². The van der Waals surface area contributed by atoms with Crippen molar-refractivity contribution in [3.05, 3.63) is 78.5 Å². The molecule has 1 aromatic carbocycles. The standard InChI is InChI=1S/C24H27FN6O/c1-2-27-24(31-14-12-30(13-15-31)23-7-3-4-11-28-23)29-17-19-8-9-22(21(25)16-19)32-20-6-5-10-26-18-20/h3-11,16,18H,2,12-15,17H2,1H3,(H,27,29). The van der Waals surface area contributed by atoms with Gasteiger partial charge in [-0.3, -0.25) is 4.98 Å². The number of nitrogens with one attached hydrogen (secondary N) is 1. The normalized spacial score (nSPS) is 14.4. The molecule has 0 atom stereocenters. The Morgan fingerprint density at radius 3 is 2.66 bits per heavy atom. The Morgan fingerprint density at radius 2 is 1.97 bits per heavy atom. The maximum absolute atomic E-state index is 14.5. The number of aromatic nitrogens is 2. The number of piperazine rings is 1. The fourth-order valence-electron chi connectivity index (χ4n) is 3.54. The maximum atomic E-state index is 14.5. The monoisotopic (exact) mass is 434 g/mol. The van der Waals surface area contributed by atoms with Crippen LogP contribution in [0.1, 0.15) is 12.5 Å². The van der Waals surface area contributed by atoms with Crippen molar-refractivity contribution in [1.29, 1.82) is 0 Å². The summed E-state index contributed by atoms with van der Waals surface area (Å²) in [7, 11) is 0. The van der Waals surface area contributed by atoms with Gasteiger partial charge in [0.05, 0.1) is 12.7 Å². The van der Waals surface area contributed by atoms with Crippen molar-refractivity contribution >= 4 is 11.8 Å². The minimum Gasteiger partial charge on any atom is -0.453 e. The summed E-state index contributed by atoms with van der Waals surface area (Å²) >= 11 is 0. The van der Waals surface area contributed by atoms with Crippen LogP contribution in [-0.4, -0.2) is 53.6 Å². The smallest absolute Gasteiger partial charge is 0.194 e. The van der Waals surface area contributed by atoms with Crippen LogP contribution in [0.15, 0.2) is 72.1 Å². The molecule has 3 heterocycles. The third-order valence-electron chi connectivity index (χ3n) is 5.16. The minimum atomic E-state index is -0.421. The summed E-state index contributed by atoms with van der Waals surface area (Å²) in [6, 6.07) is 14.4. The van der Waals surface area contributed by atoms with Gasteiger partial charge in [0.1, 0.15) is 11.6 Å². The molecule has 0 unspecified atom stereocenters. The molecule has 7 nitrogen and oxygen atoms in total. The van der Waals surface area contributed by atoms with Crippen LogP contribution in [0.25, 0.3) is 0 Å². The van der Waals surface area contributed by atoms with Gasteiger partial charge in [0.15, 0.2) is 17.5 Å². The molecule has 0 radical (unpaired) electrons. The second kappa shape index (κ2) is 10.6. The van der Waals surface area contributed by atoms with Gasteiger partial charge in [-0.1, -0.05) is 12.1 Å². The number of aliphatic imine (C=N–C) groups is 1. The van der Waals surface area contributed by atoms with Crippen LogP contribution < -0.4 is 15.0 Å². The SMILES string of the molecule is CCNC(=NCc1ccc(Oc2cccnc2)c(F)c1)N1CCN(c2ccccn2)CC1. The predicted molar refractivity (Wildman–Crippen MR) is 124 cm³/mol. The van der Waals surface area contributed by atoms with Crippen LogP contribution >= 0.6 is 0 Å². The van der Waals surface area contributed by atoms with Crippen molar-refractivity contribution in [1.82, 2.24) is 20.2 Å². The number of guanidine groups is 1. The molecule has 1 fully saturated rings. The number of benzene rings is 1. The predicted octanol–water partition coefficient (Wildman–Crippen LogP) is 3.70. The van der Waals surface area contributed by atoms with Gasteiger partial charge in [0.2, 0.25) is 0 Å². The van der Waals surface area contributed by atoms with Gasteiger partial charge >= 0.3 is 0 Å². The van der Waals surface area contributed by atoms with Crippen molar-refractivity contribution in [3.8, 4) is 11.5 Å². The van der Waals surface area contributed by atoms with Gasteiger partial charge in [0.25, 0.3) is 0 Å². The Bertz CT molecular complexity index is 1020. The molecular formula is C24H27FN6O. The van der Waals surface area contributed by atoms with Crippen molar-refractivity contribution in [2.75, 3.05) is 37.6 Å². The maximum Gasteiger partial charge on any atom is 0.194 e. The summed E-state index contributed by atoms with van der Waals surface area (Å²) in [6.45, 7) is 6.62. The molecule has 0 spiro atoms. The lowest BCUT2D eigenvalue weighted by Crippen LogP contribution is -2.52. The lowest BCUT2D eigenvalue weighted by Gasteiger charge is -2.37. The van der Waals surface area contributed by atoms with E-state index in [0.717, 1.165) is 50.1 Å². The van der Waals surface area contributed by atoms with E-state index in [1.54, 1.807) is 30.6 Å². The first-order valence-electron chi connectivity index (χ1n) is 10.8. The van der Waals surface area contributed by atoms with Crippen LogP contribution in [0.4, 0.5) is 10.2 Å². The second-order valence-electron chi connectivity index (χ2n) is 7.39. The van der Waals surface area contributed by atoms with Gasteiger partial charge in [-0.15, -0.1) is 0 Å². The van der Waals surface area contributed by atoms with Crippen molar-refractivity contribution < 1.29 is 9.13 Å². The Labute approximate surface area is 187 Å². The minimum absolute atomic E-state index is 0.170. The Kier molecular flexibility index (Phi) is 7.12. The van der Waals surface area contributed by atoms with Crippen molar-refractivity contribution in [2.24, 2.45) is 4.99 Å². The lowest BCUT2D eigenvalue weighted by atomic mass is 10.2. The first kappa shape index (κ1) is 21.5. The lowest BCUT2D eigenvalue weighted by molar-refractivity contribution is 0.371. The number of anilines is 1. The first-order valence-corrected chi connectivity index (χ1v) is 10.8. The molecule has 3 aromatic rings. The average Bonchev–Trinajstić information content (AvgIpc) is 2.85. The van der Waals surface area contributed by atoms with Crippen molar-refractivity contribution in [3.63, 3.8) is 0 Å². The highest BCUT2D eigenvalue weighted by Gasteiger charge is 2.20. The molecule has 2 aromatic heterocycles. The summed E-state index contributed by atoms with van der Waals surface area (Å²) in [4.78, 5) is 17.7. The number of rotatable bonds is 6.